The molecule has 0 saturated carbocycles. The highest BCUT2D eigenvalue weighted by atomic mass is 35.5. The number of hydrogen-bond acceptors (Lipinski definition) is 3. The summed E-state index contributed by atoms with van der Waals surface area (Å²) in [6, 6.07) is 6.74. The van der Waals surface area contributed by atoms with Crippen LogP contribution in [-0.2, 0) is 0 Å². The molecule has 1 unspecified atom stereocenters. The highest BCUT2D eigenvalue weighted by Crippen LogP contribution is 2.27. The number of hydrogen-bond donors (Lipinski definition) is 0. The fraction of sp³-hybridized carbons (Fsp3) is 0.286. The maximum atomic E-state index is 12.4. The molecular formula is C14H12Cl2N2O. The zero-order valence-electron chi connectivity index (χ0n) is 10.4. The first-order valence-corrected chi connectivity index (χ1v) is 6.60. The first kappa shape index (κ1) is 13.9. The van der Waals surface area contributed by atoms with Crippen LogP contribution in [0.1, 0.15) is 16.8 Å². The summed E-state index contributed by atoms with van der Waals surface area (Å²) in [5.41, 5.74) is 1.17. The summed E-state index contributed by atoms with van der Waals surface area (Å²) in [6.07, 6.45) is 2.79. The summed E-state index contributed by atoms with van der Waals surface area (Å²) in [6.45, 7) is 0.835. The van der Waals surface area contributed by atoms with E-state index in [1.165, 1.54) is 6.07 Å². The highest BCUT2D eigenvalue weighted by molar-refractivity contribution is 6.42. The van der Waals surface area contributed by atoms with Gasteiger partial charge in [0.2, 0.25) is 0 Å². The second-order valence-electron chi connectivity index (χ2n) is 4.39. The van der Waals surface area contributed by atoms with E-state index in [0.717, 1.165) is 18.7 Å². The molecule has 0 saturated heterocycles. The van der Waals surface area contributed by atoms with Gasteiger partial charge >= 0.3 is 0 Å². The number of rotatable bonds is 3. The molecule has 1 aromatic carbocycles. The average Bonchev–Trinajstić information content (AvgIpc) is 2.80. The van der Waals surface area contributed by atoms with E-state index in [4.69, 9.17) is 23.2 Å². The molecule has 1 heterocycles. The number of nitriles is 1. The number of Topliss-reactive ketones (excluding diaryl/α,β-unsaturated/α-hetero) is 1. The third kappa shape index (κ3) is 2.75. The molecule has 0 aliphatic carbocycles. The Bertz CT molecular complexity index is 590. The van der Waals surface area contributed by atoms with Crippen LogP contribution >= 0.6 is 23.2 Å². The van der Waals surface area contributed by atoms with Gasteiger partial charge in [-0.2, -0.15) is 5.26 Å². The molecular weight excluding hydrogens is 283 g/mol. The van der Waals surface area contributed by atoms with E-state index >= 15 is 0 Å². The van der Waals surface area contributed by atoms with Crippen LogP contribution in [-0.4, -0.2) is 24.3 Å². The lowest BCUT2D eigenvalue weighted by Gasteiger charge is -2.19. The molecule has 2 rings (SSSR count). The molecule has 1 aliphatic heterocycles. The highest BCUT2D eigenvalue weighted by Gasteiger charge is 2.28. The molecule has 5 heteroatoms. The normalized spacial score (nSPS) is 15.9. The second-order valence-corrected chi connectivity index (χ2v) is 5.21. The molecule has 19 heavy (non-hydrogen) atoms. The van der Waals surface area contributed by atoms with Gasteiger partial charge in [-0.05, 0) is 24.6 Å². The van der Waals surface area contributed by atoms with Crippen molar-refractivity contribution < 1.29 is 4.79 Å². The molecule has 3 nitrogen and oxygen atoms in total. The number of allylic oxidation sites excluding steroid dienone is 1. The maximum Gasteiger partial charge on any atom is 0.186 e. The molecule has 1 atom stereocenters. The molecule has 0 amide bonds. The summed E-state index contributed by atoms with van der Waals surface area (Å²) >= 11 is 11.7. The van der Waals surface area contributed by atoms with E-state index in [0.29, 0.717) is 15.6 Å². The van der Waals surface area contributed by atoms with E-state index in [9.17, 15) is 10.1 Å². The molecule has 0 radical (unpaired) electrons. The Labute approximate surface area is 122 Å². The monoisotopic (exact) mass is 294 g/mol. The van der Waals surface area contributed by atoms with Gasteiger partial charge < -0.3 is 4.90 Å². The predicted octanol–water partition coefficient (Wildman–Crippen LogP) is 3.54. The topological polar surface area (TPSA) is 44.1 Å². The third-order valence-electron chi connectivity index (χ3n) is 3.15. The van der Waals surface area contributed by atoms with Crippen molar-refractivity contribution in [3.63, 3.8) is 0 Å². The van der Waals surface area contributed by atoms with Crippen LogP contribution in [0.5, 0.6) is 0 Å². The van der Waals surface area contributed by atoms with E-state index in [-0.39, 0.29) is 5.78 Å². The molecule has 0 spiro atoms. The number of ketones is 1. The van der Waals surface area contributed by atoms with E-state index in [1.54, 1.807) is 12.1 Å². The van der Waals surface area contributed by atoms with Crippen LogP contribution in [0.4, 0.5) is 0 Å². The molecule has 1 aliphatic rings. The zero-order chi connectivity index (χ0) is 14.0. The maximum absolute atomic E-state index is 12.4. The minimum atomic E-state index is -0.787. The average molecular weight is 295 g/mol. The SMILES string of the molecule is CN1CCC=C1C(C#N)C(=O)c1ccc(Cl)c(Cl)c1. The molecule has 0 fully saturated rings. The molecule has 0 aromatic heterocycles. The van der Waals surface area contributed by atoms with Gasteiger partial charge in [0.15, 0.2) is 5.78 Å². The van der Waals surface area contributed by atoms with Gasteiger partial charge in [0, 0.05) is 24.9 Å². The Morgan fingerprint density at radius 3 is 2.68 bits per heavy atom. The number of carbonyl (C=O) groups excluding carboxylic acids is 1. The van der Waals surface area contributed by atoms with Crippen molar-refractivity contribution in [3.8, 4) is 6.07 Å². The minimum absolute atomic E-state index is 0.249. The number of benzene rings is 1. The van der Waals surface area contributed by atoms with Crippen molar-refractivity contribution >= 4 is 29.0 Å². The van der Waals surface area contributed by atoms with E-state index in [1.807, 2.05) is 18.0 Å². The van der Waals surface area contributed by atoms with Gasteiger partial charge in [-0.25, -0.2) is 0 Å². The summed E-state index contributed by atoms with van der Waals surface area (Å²) in [7, 11) is 1.88. The minimum Gasteiger partial charge on any atom is -0.376 e. The Morgan fingerprint density at radius 2 is 2.16 bits per heavy atom. The van der Waals surface area contributed by atoms with Crippen molar-refractivity contribution in [1.82, 2.24) is 4.90 Å². The molecule has 1 aromatic rings. The fourth-order valence-electron chi connectivity index (χ4n) is 2.10. The van der Waals surface area contributed by atoms with Crippen molar-refractivity contribution in [2.45, 2.75) is 6.42 Å². The van der Waals surface area contributed by atoms with E-state index in [2.05, 4.69) is 6.07 Å². The smallest absolute Gasteiger partial charge is 0.186 e. The van der Waals surface area contributed by atoms with Gasteiger partial charge in [-0.15, -0.1) is 0 Å². The fourth-order valence-corrected chi connectivity index (χ4v) is 2.40. The van der Waals surface area contributed by atoms with Crippen LogP contribution in [0.15, 0.2) is 30.0 Å². The summed E-state index contributed by atoms with van der Waals surface area (Å²) in [5.74, 6) is -1.04. The van der Waals surface area contributed by atoms with Crippen LogP contribution in [0, 0.1) is 17.2 Å². The number of halogens is 2. The number of nitrogens with zero attached hydrogens (tertiary/aromatic N) is 2. The Balaban J connectivity index is 2.31. The van der Waals surface area contributed by atoms with Crippen LogP contribution in [0.3, 0.4) is 0 Å². The van der Waals surface area contributed by atoms with Gasteiger partial charge in [-0.1, -0.05) is 29.3 Å². The molecule has 0 bridgehead atoms. The summed E-state index contributed by atoms with van der Waals surface area (Å²) in [5, 5.41) is 9.97. The molecule has 0 N–H and O–H groups in total. The second kappa shape index (κ2) is 5.64. The van der Waals surface area contributed by atoms with Crippen LogP contribution in [0.25, 0.3) is 0 Å². The van der Waals surface area contributed by atoms with Crippen molar-refractivity contribution in [2.75, 3.05) is 13.6 Å². The molecule has 98 valence electrons. The van der Waals surface area contributed by atoms with Crippen molar-refractivity contribution in [3.05, 3.63) is 45.6 Å². The van der Waals surface area contributed by atoms with E-state index < -0.39 is 5.92 Å². The lowest BCUT2D eigenvalue weighted by atomic mass is 9.95. The standard InChI is InChI=1S/C14H12Cl2N2O/c1-18-6-2-3-13(18)10(8-17)14(19)9-4-5-11(15)12(16)7-9/h3-5,7,10H,2,6H2,1H3. The number of carbonyl (C=O) groups is 1. The van der Waals surface area contributed by atoms with Crippen molar-refractivity contribution in [1.29, 1.82) is 5.26 Å². The van der Waals surface area contributed by atoms with Crippen LogP contribution in [0.2, 0.25) is 10.0 Å². The third-order valence-corrected chi connectivity index (χ3v) is 3.89. The Hall–Kier alpha value is -1.50. The Morgan fingerprint density at radius 1 is 1.42 bits per heavy atom. The van der Waals surface area contributed by atoms with Crippen molar-refractivity contribution in [2.24, 2.45) is 5.92 Å². The zero-order valence-corrected chi connectivity index (χ0v) is 11.9. The largest absolute Gasteiger partial charge is 0.376 e. The quantitative estimate of drug-likeness (QED) is 0.801. The summed E-state index contributed by atoms with van der Waals surface area (Å²) in [4.78, 5) is 14.3. The van der Waals surface area contributed by atoms with Gasteiger partial charge in [0.05, 0.1) is 16.1 Å². The van der Waals surface area contributed by atoms with Gasteiger partial charge in [0.1, 0.15) is 5.92 Å². The lowest BCUT2D eigenvalue weighted by Crippen LogP contribution is -2.24. The predicted molar refractivity (Wildman–Crippen MR) is 75.2 cm³/mol. The Kier molecular flexibility index (Phi) is 4.14. The van der Waals surface area contributed by atoms with Crippen LogP contribution < -0.4 is 0 Å². The summed E-state index contributed by atoms with van der Waals surface area (Å²) < 4.78 is 0. The van der Waals surface area contributed by atoms with Gasteiger partial charge in [-0.3, -0.25) is 4.79 Å². The first-order valence-electron chi connectivity index (χ1n) is 5.84. The first-order chi connectivity index (χ1) is 9.04. The lowest BCUT2D eigenvalue weighted by molar-refractivity contribution is 0.0953. The van der Waals surface area contributed by atoms with Gasteiger partial charge in [0.25, 0.3) is 0 Å².